The Morgan fingerprint density at radius 1 is 1.47 bits per heavy atom. The second-order valence-electron chi connectivity index (χ2n) is 4.39. The Morgan fingerprint density at radius 3 is 2.79 bits per heavy atom. The van der Waals surface area contributed by atoms with Gasteiger partial charge >= 0.3 is 0 Å². The molecular formula is C12H23N5OS. The van der Waals surface area contributed by atoms with E-state index in [1.54, 1.807) is 0 Å². The molecule has 0 aromatic carbocycles. The Balaban J connectivity index is 2.48. The zero-order valence-corrected chi connectivity index (χ0v) is 12.7. The number of hydrogen-bond acceptors (Lipinski definition) is 5. The highest BCUT2D eigenvalue weighted by Gasteiger charge is 2.12. The molecule has 0 aliphatic carbocycles. The van der Waals surface area contributed by atoms with Crippen LogP contribution in [0.15, 0.2) is 5.16 Å². The molecular weight excluding hydrogens is 262 g/mol. The van der Waals surface area contributed by atoms with Gasteiger partial charge in [0.1, 0.15) is 5.82 Å². The summed E-state index contributed by atoms with van der Waals surface area (Å²) in [5.41, 5.74) is 5.58. The number of carbonyl (C=O) groups excluding carboxylic acids is 1. The first-order valence-electron chi connectivity index (χ1n) is 6.66. The average Bonchev–Trinajstić information content (AvgIpc) is 2.78. The lowest BCUT2D eigenvalue weighted by Crippen LogP contribution is -2.33. The summed E-state index contributed by atoms with van der Waals surface area (Å²) in [6, 6.07) is 0.224. The van der Waals surface area contributed by atoms with Gasteiger partial charge in [-0.25, -0.2) is 0 Å². The summed E-state index contributed by atoms with van der Waals surface area (Å²) in [6.45, 7) is 7.26. The largest absolute Gasteiger partial charge is 0.353 e. The molecule has 1 unspecified atom stereocenters. The fourth-order valence-corrected chi connectivity index (χ4v) is 2.68. The number of nitrogens with one attached hydrogen (secondary N) is 1. The molecule has 1 aromatic heterocycles. The molecule has 1 atom stereocenters. The predicted molar refractivity (Wildman–Crippen MR) is 76.8 cm³/mol. The van der Waals surface area contributed by atoms with Crippen molar-refractivity contribution in [1.82, 2.24) is 20.1 Å². The topological polar surface area (TPSA) is 85.8 Å². The summed E-state index contributed by atoms with van der Waals surface area (Å²) in [5, 5.41) is 11.8. The molecule has 0 radical (unpaired) electrons. The second kappa shape index (κ2) is 8.16. The zero-order valence-electron chi connectivity index (χ0n) is 11.8. The second-order valence-corrected chi connectivity index (χ2v) is 5.34. The van der Waals surface area contributed by atoms with E-state index in [0.29, 0.717) is 12.3 Å². The van der Waals surface area contributed by atoms with Gasteiger partial charge in [-0.1, -0.05) is 25.1 Å². The van der Waals surface area contributed by atoms with Gasteiger partial charge in [0.05, 0.1) is 12.3 Å². The lowest BCUT2D eigenvalue weighted by molar-refractivity contribution is -0.119. The summed E-state index contributed by atoms with van der Waals surface area (Å²) < 4.78 is 1.94. The molecule has 1 rings (SSSR count). The third kappa shape index (κ3) is 4.83. The fourth-order valence-electron chi connectivity index (χ4n) is 1.85. The van der Waals surface area contributed by atoms with E-state index < -0.39 is 0 Å². The van der Waals surface area contributed by atoms with Crippen LogP contribution in [0.4, 0.5) is 0 Å². The summed E-state index contributed by atoms with van der Waals surface area (Å²) in [4.78, 5) is 11.8. The maximum Gasteiger partial charge on any atom is 0.230 e. The van der Waals surface area contributed by atoms with E-state index in [9.17, 15) is 4.79 Å². The van der Waals surface area contributed by atoms with Crippen LogP contribution in [-0.4, -0.2) is 32.5 Å². The average molecular weight is 285 g/mol. The molecule has 108 valence electrons. The Bertz CT molecular complexity index is 407. The van der Waals surface area contributed by atoms with E-state index in [1.807, 2.05) is 18.4 Å². The van der Waals surface area contributed by atoms with Gasteiger partial charge < -0.3 is 15.6 Å². The first-order chi connectivity index (χ1) is 9.12. The smallest absolute Gasteiger partial charge is 0.230 e. The number of carbonyl (C=O) groups is 1. The summed E-state index contributed by atoms with van der Waals surface area (Å²) in [7, 11) is 0. The van der Waals surface area contributed by atoms with Crippen LogP contribution >= 0.6 is 11.8 Å². The van der Waals surface area contributed by atoms with Gasteiger partial charge in [-0.3, -0.25) is 4.79 Å². The maximum atomic E-state index is 11.8. The molecule has 0 bridgehead atoms. The van der Waals surface area contributed by atoms with E-state index in [-0.39, 0.29) is 11.9 Å². The first-order valence-corrected chi connectivity index (χ1v) is 7.65. The molecule has 1 heterocycles. The van der Waals surface area contributed by atoms with Crippen LogP contribution in [0.5, 0.6) is 0 Å². The number of hydrogen-bond donors (Lipinski definition) is 2. The lowest BCUT2D eigenvalue weighted by Gasteiger charge is -2.12. The quantitative estimate of drug-likeness (QED) is 0.700. The first kappa shape index (κ1) is 16.0. The van der Waals surface area contributed by atoms with Crippen LogP contribution in [0.25, 0.3) is 0 Å². The van der Waals surface area contributed by atoms with Crippen molar-refractivity contribution in [2.45, 2.75) is 57.9 Å². The van der Waals surface area contributed by atoms with E-state index in [4.69, 9.17) is 5.73 Å². The number of nitrogens with zero attached hydrogens (tertiary/aromatic N) is 3. The van der Waals surface area contributed by atoms with Crippen molar-refractivity contribution < 1.29 is 4.79 Å². The van der Waals surface area contributed by atoms with Crippen LogP contribution < -0.4 is 11.1 Å². The molecule has 0 fully saturated rings. The SMILES string of the molecule is CCCC(C)NC(=O)CSc1nnc(CN)n1CC. The van der Waals surface area contributed by atoms with Gasteiger partial charge in [0.2, 0.25) is 5.91 Å². The Hall–Kier alpha value is -1.08. The molecule has 7 heteroatoms. The minimum atomic E-state index is 0.0332. The fraction of sp³-hybridized carbons (Fsp3) is 0.750. The zero-order chi connectivity index (χ0) is 14.3. The van der Waals surface area contributed by atoms with Crippen molar-refractivity contribution in [3.05, 3.63) is 5.82 Å². The van der Waals surface area contributed by atoms with E-state index >= 15 is 0 Å². The Morgan fingerprint density at radius 2 is 2.21 bits per heavy atom. The van der Waals surface area contributed by atoms with Crippen molar-refractivity contribution in [3.63, 3.8) is 0 Å². The van der Waals surface area contributed by atoms with Gasteiger partial charge in [0.15, 0.2) is 5.16 Å². The number of aromatic nitrogens is 3. The highest BCUT2D eigenvalue weighted by Crippen LogP contribution is 2.16. The van der Waals surface area contributed by atoms with Crippen LogP contribution in [0.1, 0.15) is 39.4 Å². The molecule has 1 aromatic rings. The molecule has 0 saturated heterocycles. The van der Waals surface area contributed by atoms with Gasteiger partial charge in [-0.05, 0) is 20.3 Å². The molecule has 0 spiro atoms. The van der Waals surface area contributed by atoms with Gasteiger partial charge in [-0.15, -0.1) is 10.2 Å². The van der Waals surface area contributed by atoms with E-state index in [2.05, 4.69) is 22.4 Å². The van der Waals surface area contributed by atoms with Crippen LogP contribution in [-0.2, 0) is 17.9 Å². The van der Waals surface area contributed by atoms with Crippen molar-refractivity contribution in [3.8, 4) is 0 Å². The maximum absolute atomic E-state index is 11.8. The molecule has 19 heavy (non-hydrogen) atoms. The predicted octanol–water partition coefficient (Wildman–Crippen LogP) is 1.15. The number of thioether (sulfide) groups is 1. The molecule has 6 nitrogen and oxygen atoms in total. The van der Waals surface area contributed by atoms with E-state index in [0.717, 1.165) is 30.4 Å². The highest BCUT2D eigenvalue weighted by atomic mass is 32.2. The number of nitrogens with two attached hydrogens (primary N) is 1. The van der Waals surface area contributed by atoms with Gasteiger partial charge in [0, 0.05) is 12.6 Å². The minimum absolute atomic E-state index is 0.0332. The summed E-state index contributed by atoms with van der Waals surface area (Å²) in [6.07, 6.45) is 2.07. The Kier molecular flexibility index (Phi) is 6.86. The highest BCUT2D eigenvalue weighted by molar-refractivity contribution is 7.99. The molecule has 1 amide bonds. The van der Waals surface area contributed by atoms with Crippen LogP contribution in [0.3, 0.4) is 0 Å². The van der Waals surface area contributed by atoms with Crippen LogP contribution in [0.2, 0.25) is 0 Å². The molecule has 0 saturated carbocycles. The molecule has 0 aliphatic rings. The number of amides is 1. The van der Waals surface area contributed by atoms with Crippen molar-refractivity contribution in [2.75, 3.05) is 5.75 Å². The monoisotopic (exact) mass is 285 g/mol. The molecule has 0 aliphatic heterocycles. The third-order valence-corrected chi connectivity index (χ3v) is 3.72. The normalized spacial score (nSPS) is 12.4. The van der Waals surface area contributed by atoms with Crippen LogP contribution in [0, 0.1) is 0 Å². The van der Waals surface area contributed by atoms with Crippen molar-refractivity contribution in [1.29, 1.82) is 0 Å². The summed E-state index contributed by atoms with van der Waals surface area (Å²) in [5.74, 6) is 1.15. The Labute approximate surface area is 118 Å². The standard InChI is InChI=1S/C12H23N5OS/c1-4-6-9(3)14-11(18)8-19-12-16-15-10(7-13)17(12)5-2/h9H,4-8,13H2,1-3H3,(H,14,18). The lowest BCUT2D eigenvalue weighted by atomic mass is 10.2. The van der Waals surface area contributed by atoms with Gasteiger partial charge in [-0.2, -0.15) is 0 Å². The summed E-state index contributed by atoms with van der Waals surface area (Å²) >= 11 is 1.40. The van der Waals surface area contributed by atoms with Gasteiger partial charge in [0.25, 0.3) is 0 Å². The van der Waals surface area contributed by atoms with E-state index in [1.165, 1.54) is 11.8 Å². The minimum Gasteiger partial charge on any atom is -0.353 e. The molecule has 3 N–H and O–H groups in total. The third-order valence-electron chi connectivity index (χ3n) is 2.75. The van der Waals surface area contributed by atoms with Crippen molar-refractivity contribution in [2.24, 2.45) is 5.73 Å². The number of rotatable bonds is 8. The van der Waals surface area contributed by atoms with Crippen molar-refractivity contribution >= 4 is 17.7 Å².